The van der Waals surface area contributed by atoms with Crippen molar-refractivity contribution in [2.45, 2.75) is 11.8 Å². The summed E-state index contributed by atoms with van der Waals surface area (Å²) in [7, 11) is -4.74. The maximum Gasteiger partial charge on any atom is 0.268 e. The number of aromatic nitrogens is 3. The SMILES string of the molecule is [2H]c1c([2H])c([2H])c2c(c1[2H])c1c([2H])c([2H])c([2H])c([2H])c1n2-c1nc2c3c([2H])c([2H])c([2H])c([2H])c3n(S(=O)(=O)c3ccc(C)cc3)c2c([2H])c1[2H]. The van der Waals surface area contributed by atoms with Gasteiger partial charge in [-0.25, -0.2) is 17.4 Å². The van der Waals surface area contributed by atoms with E-state index in [1.807, 2.05) is 0 Å². The molecule has 0 aliphatic carbocycles. The molecule has 7 aromatic rings. The van der Waals surface area contributed by atoms with Crippen LogP contribution < -0.4 is 0 Å². The molecular formula is C30H21N3O2S. The lowest BCUT2D eigenvalue weighted by molar-refractivity contribution is 0.590. The summed E-state index contributed by atoms with van der Waals surface area (Å²) < 4.78 is 151. The summed E-state index contributed by atoms with van der Waals surface area (Å²) in [5, 5.41) is -1.07. The summed E-state index contributed by atoms with van der Waals surface area (Å²) in [5.74, 6) is -0.614. The van der Waals surface area contributed by atoms with E-state index >= 15 is 0 Å². The lowest BCUT2D eigenvalue weighted by atomic mass is 10.2. The van der Waals surface area contributed by atoms with Gasteiger partial charge >= 0.3 is 0 Å². The number of nitrogens with zero attached hydrogens (tertiary/aromatic N) is 3. The number of benzene rings is 4. The fourth-order valence-electron chi connectivity index (χ4n) is 4.22. The fraction of sp³-hybridized carbons (Fsp3) is 0.0333. The van der Waals surface area contributed by atoms with Gasteiger partial charge in [0.15, 0.2) is 0 Å². The number of para-hydroxylation sites is 3. The van der Waals surface area contributed by atoms with E-state index in [2.05, 4.69) is 4.98 Å². The van der Waals surface area contributed by atoms with Crippen LogP contribution in [0.1, 0.15) is 24.8 Å². The van der Waals surface area contributed by atoms with Gasteiger partial charge in [-0.1, -0.05) is 72.1 Å². The molecule has 7 rings (SSSR count). The Morgan fingerprint density at radius 3 is 1.86 bits per heavy atom. The highest BCUT2D eigenvalue weighted by Gasteiger charge is 2.24. The van der Waals surface area contributed by atoms with Crippen molar-refractivity contribution in [3.8, 4) is 5.82 Å². The van der Waals surface area contributed by atoms with E-state index in [9.17, 15) is 8.42 Å². The van der Waals surface area contributed by atoms with Crippen LogP contribution in [0.3, 0.4) is 0 Å². The van der Waals surface area contributed by atoms with Crippen molar-refractivity contribution in [1.29, 1.82) is 0 Å². The highest BCUT2D eigenvalue weighted by molar-refractivity contribution is 7.90. The van der Waals surface area contributed by atoms with Crippen molar-refractivity contribution in [1.82, 2.24) is 13.5 Å². The van der Waals surface area contributed by atoms with E-state index in [0.29, 0.717) is 3.97 Å². The number of fused-ring (bicyclic) bond motifs is 6. The van der Waals surface area contributed by atoms with Crippen LogP contribution in [0.2, 0.25) is 0 Å². The molecule has 0 unspecified atom stereocenters. The lowest BCUT2D eigenvalue weighted by Gasteiger charge is -2.10. The fourth-order valence-corrected chi connectivity index (χ4v) is 5.66. The number of aryl methyl sites for hydroxylation is 1. The molecule has 0 saturated heterocycles. The van der Waals surface area contributed by atoms with E-state index in [0.717, 1.165) is 10.1 Å². The van der Waals surface area contributed by atoms with E-state index in [4.69, 9.17) is 19.2 Å². The maximum absolute atomic E-state index is 14.3. The van der Waals surface area contributed by atoms with Gasteiger partial charge in [0.25, 0.3) is 10.0 Å². The number of rotatable bonds is 3. The van der Waals surface area contributed by atoms with Crippen LogP contribution in [0.5, 0.6) is 0 Å². The second kappa shape index (κ2) is 7.54. The minimum Gasteiger partial charge on any atom is -0.294 e. The van der Waals surface area contributed by atoms with Gasteiger partial charge in [-0.3, -0.25) is 4.57 Å². The first-order valence-corrected chi connectivity index (χ1v) is 12.0. The van der Waals surface area contributed by atoms with E-state index in [1.165, 1.54) is 24.3 Å². The third kappa shape index (κ3) is 2.88. The molecule has 6 heteroatoms. The van der Waals surface area contributed by atoms with Crippen LogP contribution >= 0.6 is 0 Å². The topological polar surface area (TPSA) is 56.9 Å². The van der Waals surface area contributed by atoms with Gasteiger partial charge in [0.05, 0.1) is 51.7 Å². The Morgan fingerprint density at radius 2 is 1.22 bits per heavy atom. The highest BCUT2D eigenvalue weighted by Crippen LogP contribution is 2.35. The Bertz CT molecular complexity index is 2750. The monoisotopic (exact) mass is 501 g/mol. The van der Waals surface area contributed by atoms with Crippen LogP contribution in [-0.4, -0.2) is 21.9 Å². The Kier molecular flexibility index (Phi) is 2.32. The Hall–Kier alpha value is -4.42. The molecule has 0 spiro atoms. The molecule has 0 radical (unpaired) electrons. The lowest BCUT2D eigenvalue weighted by Crippen LogP contribution is -2.12. The van der Waals surface area contributed by atoms with Crippen LogP contribution in [-0.2, 0) is 10.0 Å². The second-order valence-electron chi connectivity index (χ2n) is 7.97. The number of hydrogen-bond donors (Lipinski definition) is 0. The highest BCUT2D eigenvalue weighted by atomic mass is 32.2. The first-order chi connectivity index (χ1) is 23.4. The molecule has 0 aliphatic heterocycles. The molecule has 3 aromatic heterocycles. The normalized spacial score (nSPS) is 17.7. The molecule has 36 heavy (non-hydrogen) atoms. The predicted octanol–water partition coefficient (Wildman–Crippen LogP) is 6.83. The number of hydrogen-bond acceptors (Lipinski definition) is 3. The third-order valence-corrected chi connectivity index (χ3v) is 7.56. The molecule has 5 nitrogen and oxygen atoms in total. The zero-order valence-electron chi connectivity index (χ0n) is 32.4. The van der Waals surface area contributed by atoms with Crippen molar-refractivity contribution in [3.05, 3.63) is 114 Å². The van der Waals surface area contributed by atoms with Crippen LogP contribution in [0.4, 0.5) is 0 Å². The summed E-state index contributed by atoms with van der Waals surface area (Å²) in [6.45, 7) is 1.72. The van der Waals surface area contributed by atoms with Crippen molar-refractivity contribution in [2.75, 3.05) is 0 Å². The van der Waals surface area contributed by atoms with E-state index < -0.39 is 133 Å². The minimum absolute atomic E-state index is 0.293. The maximum atomic E-state index is 14.3. The first-order valence-electron chi connectivity index (χ1n) is 17.6. The molecule has 174 valence electrons. The van der Waals surface area contributed by atoms with Gasteiger partial charge in [-0.15, -0.1) is 0 Å². The summed E-state index contributed by atoms with van der Waals surface area (Å²) >= 11 is 0. The van der Waals surface area contributed by atoms with Crippen molar-refractivity contribution in [3.63, 3.8) is 0 Å². The Morgan fingerprint density at radius 1 is 0.667 bits per heavy atom. The molecule has 0 N–H and O–H groups in total. The van der Waals surface area contributed by atoms with Crippen molar-refractivity contribution in [2.24, 2.45) is 0 Å². The van der Waals surface area contributed by atoms with Crippen LogP contribution in [0, 0.1) is 6.92 Å². The van der Waals surface area contributed by atoms with E-state index in [1.54, 1.807) is 6.92 Å². The summed E-state index contributed by atoms with van der Waals surface area (Å²) in [4.78, 5) is 4.19. The molecule has 0 amide bonds. The molecule has 4 aromatic carbocycles. The van der Waals surface area contributed by atoms with Crippen LogP contribution in [0.15, 0.2) is 114 Å². The molecule has 0 aliphatic rings. The second-order valence-corrected chi connectivity index (χ2v) is 9.76. The molecule has 3 heterocycles. The zero-order valence-corrected chi connectivity index (χ0v) is 19.2. The molecule has 0 bridgehead atoms. The van der Waals surface area contributed by atoms with Gasteiger partial charge in [0.1, 0.15) is 5.82 Å². The van der Waals surface area contributed by atoms with Gasteiger partial charge < -0.3 is 0 Å². The molecule has 0 atom stereocenters. The third-order valence-electron chi connectivity index (χ3n) is 5.85. The average molecular weight is 502 g/mol. The summed E-state index contributed by atoms with van der Waals surface area (Å²) in [5.41, 5.74) is -1.71. The van der Waals surface area contributed by atoms with Gasteiger partial charge in [-0.05, 0) is 49.3 Å². The average Bonchev–Trinajstić information content (AvgIpc) is 3.63. The Labute approximate surface area is 227 Å². The number of pyridine rings is 1. The molecule has 0 saturated carbocycles. The van der Waals surface area contributed by atoms with Gasteiger partial charge in [0.2, 0.25) is 0 Å². The summed E-state index contributed by atoms with van der Waals surface area (Å²) in [6, 6.07) is -4.72. The minimum atomic E-state index is -4.74. The molecular weight excluding hydrogens is 466 g/mol. The van der Waals surface area contributed by atoms with Crippen molar-refractivity contribution >= 4 is 53.8 Å². The zero-order chi connectivity index (χ0) is 36.6. The quantitative estimate of drug-likeness (QED) is 0.267. The molecule has 0 fully saturated rings. The first kappa shape index (κ1) is 11.1. The largest absolute Gasteiger partial charge is 0.294 e. The van der Waals surface area contributed by atoms with Gasteiger partial charge in [-0.2, -0.15) is 0 Å². The van der Waals surface area contributed by atoms with Crippen molar-refractivity contribution < 1.29 is 27.6 Å². The van der Waals surface area contributed by atoms with Gasteiger partial charge in [0, 0.05) is 16.2 Å². The Balaban J connectivity index is 1.78. The predicted molar refractivity (Wildman–Crippen MR) is 145 cm³/mol. The smallest absolute Gasteiger partial charge is 0.268 e. The van der Waals surface area contributed by atoms with E-state index in [-0.39, 0.29) is 15.7 Å². The van der Waals surface area contributed by atoms with Crippen LogP contribution in [0.25, 0.3) is 49.6 Å². The summed E-state index contributed by atoms with van der Waals surface area (Å²) in [6.07, 6.45) is 0. The standard InChI is InChI=1S/C30H21N3O2S/c1-20-14-16-21(17-15-20)36(34,35)33-27-13-7-4-10-24(27)30-28(33)18-19-29(31-30)32-25-11-5-2-8-22(25)23-9-3-6-12-26(23)32/h2-19H,1H3/i2D,3D,4D,5D,6D,7D,8D,9D,10D,11D,12D,13D,18D,19D.